The SMILES string of the molecule is CC(C)N(Cc1cccn1C)C(=O)Nc1ccccc1C(F)(F)F. The first-order valence-corrected chi connectivity index (χ1v) is 7.54. The summed E-state index contributed by atoms with van der Waals surface area (Å²) in [5.41, 5.74) is -0.212. The number of aromatic nitrogens is 1. The average molecular weight is 339 g/mol. The van der Waals surface area contributed by atoms with Gasteiger partial charge in [0.15, 0.2) is 0 Å². The van der Waals surface area contributed by atoms with Gasteiger partial charge in [-0.15, -0.1) is 0 Å². The predicted octanol–water partition coefficient (Wildman–Crippen LogP) is 4.49. The van der Waals surface area contributed by atoms with E-state index < -0.39 is 17.8 Å². The summed E-state index contributed by atoms with van der Waals surface area (Å²) in [4.78, 5) is 14.0. The summed E-state index contributed by atoms with van der Waals surface area (Å²) in [5.74, 6) is 0. The molecule has 1 heterocycles. The molecule has 2 rings (SSSR count). The minimum Gasteiger partial charge on any atom is -0.353 e. The zero-order valence-electron chi connectivity index (χ0n) is 13.8. The van der Waals surface area contributed by atoms with E-state index in [1.165, 1.54) is 23.1 Å². The summed E-state index contributed by atoms with van der Waals surface area (Å²) in [6.45, 7) is 3.94. The van der Waals surface area contributed by atoms with Crippen molar-refractivity contribution in [2.24, 2.45) is 7.05 Å². The topological polar surface area (TPSA) is 37.3 Å². The molecule has 0 fully saturated rings. The Bertz CT molecular complexity index is 707. The fourth-order valence-corrected chi connectivity index (χ4v) is 2.35. The van der Waals surface area contributed by atoms with Crippen LogP contribution in [0, 0.1) is 0 Å². The molecule has 130 valence electrons. The minimum absolute atomic E-state index is 0.169. The molecule has 2 amide bonds. The van der Waals surface area contributed by atoms with Crippen LogP contribution in [0.25, 0.3) is 0 Å². The number of urea groups is 1. The largest absolute Gasteiger partial charge is 0.418 e. The number of nitrogens with one attached hydrogen (secondary N) is 1. The van der Waals surface area contributed by atoms with Crippen molar-refractivity contribution in [2.75, 3.05) is 5.32 Å². The van der Waals surface area contributed by atoms with E-state index in [0.717, 1.165) is 11.8 Å². The molecule has 1 aromatic carbocycles. The van der Waals surface area contributed by atoms with Gasteiger partial charge in [0.05, 0.1) is 17.8 Å². The highest BCUT2D eigenvalue weighted by molar-refractivity contribution is 5.90. The van der Waals surface area contributed by atoms with Gasteiger partial charge in [-0.3, -0.25) is 0 Å². The van der Waals surface area contributed by atoms with Crippen molar-refractivity contribution < 1.29 is 18.0 Å². The number of halogens is 3. The fraction of sp³-hybridized carbons (Fsp3) is 0.353. The maximum atomic E-state index is 13.0. The minimum atomic E-state index is -4.52. The van der Waals surface area contributed by atoms with Crippen LogP contribution in [-0.2, 0) is 19.8 Å². The van der Waals surface area contributed by atoms with E-state index in [1.807, 2.05) is 43.8 Å². The van der Waals surface area contributed by atoms with Crippen LogP contribution in [0.4, 0.5) is 23.7 Å². The Hall–Kier alpha value is -2.44. The third kappa shape index (κ3) is 4.10. The lowest BCUT2D eigenvalue weighted by atomic mass is 10.1. The van der Waals surface area contributed by atoms with Crippen LogP contribution < -0.4 is 5.32 Å². The number of para-hydroxylation sites is 1. The van der Waals surface area contributed by atoms with E-state index in [0.29, 0.717) is 6.54 Å². The van der Waals surface area contributed by atoms with Crippen LogP contribution in [0.2, 0.25) is 0 Å². The van der Waals surface area contributed by atoms with Gasteiger partial charge in [-0.2, -0.15) is 13.2 Å². The molecule has 0 aliphatic heterocycles. The molecule has 1 N–H and O–H groups in total. The number of hydrogen-bond donors (Lipinski definition) is 1. The molecule has 1 aromatic heterocycles. The zero-order valence-corrected chi connectivity index (χ0v) is 13.8. The normalized spacial score (nSPS) is 11.6. The molecule has 0 radical (unpaired) electrons. The molecule has 0 saturated heterocycles. The maximum absolute atomic E-state index is 13.0. The van der Waals surface area contributed by atoms with Crippen molar-refractivity contribution in [1.29, 1.82) is 0 Å². The van der Waals surface area contributed by atoms with Gasteiger partial charge in [0, 0.05) is 25.0 Å². The van der Waals surface area contributed by atoms with Crippen LogP contribution in [0.3, 0.4) is 0 Å². The number of nitrogens with zero attached hydrogens (tertiary/aromatic N) is 2. The number of rotatable bonds is 4. The predicted molar refractivity (Wildman–Crippen MR) is 86.6 cm³/mol. The van der Waals surface area contributed by atoms with Crippen LogP contribution in [0.5, 0.6) is 0 Å². The summed E-state index contributed by atoms with van der Waals surface area (Å²) in [7, 11) is 1.85. The molecule has 4 nitrogen and oxygen atoms in total. The van der Waals surface area contributed by atoms with Crippen molar-refractivity contribution in [3.8, 4) is 0 Å². The number of carbonyl (C=O) groups excluding carboxylic acids is 1. The lowest BCUT2D eigenvalue weighted by molar-refractivity contribution is -0.136. The van der Waals surface area contributed by atoms with E-state index in [-0.39, 0.29) is 11.7 Å². The van der Waals surface area contributed by atoms with Crippen molar-refractivity contribution >= 4 is 11.7 Å². The highest BCUT2D eigenvalue weighted by atomic mass is 19.4. The number of anilines is 1. The van der Waals surface area contributed by atoms with Gasteiger partial charge in [-0.1, -0.05) is 12.1 Å². The third-order valence-electron chi connectivity index (χ3n) is 3.74. The van der Waals surface area contributed by atoms with Gasteiger partial charge in [-0.05, 0) is 38.1 Å². The molecule has 0 saturated carbocycles. The Morgan fingerprint density at radius 2 is 1.88 bits per heavy atom. The number of amides is 2. The van der Waals surface area contributed by atoms with Gasteiger partial charge >= 0.3 is 12.2 Å². The van der Waals surface area contributed by atoms with Gasteiger partial charge < -0.3 is 14.8 Å². The zero-order chi connectivity index (χ0) is 17.9. The third-order valence-corrected chi connectivity index (χ3v) is 3.74. The van der Waals surface area contributed by atoms with Gasteiger partial charge in [-0.25, -0.2) is 4.79 Å². The Kier molecular flexibility index (Phi) is 5.21. The first kappa shape index (κ1) is 17.9. The first-order valence-electron chi connectivity index (χ1n) is 7.54. The maximum Gasteiger partial charge on any atom is 0.418 e. The summed E-state index contributed by atoms with van der Waals surface area (Å²) >= 11 is 0. The second-order valence-corrected chi connectivity index (χ2v) is 5.81. The van der Waals surface area contributed by atoms with E-state index in [4.69, 9.17) is 0 Å². The van der Waals surface area contributed by atoms with Gasteiger partial charge in [0.1, 0.15) is 0 Å². The molecule has 0 unspecified atom stereocenters. The standard InChI is InChI=1S/C17H20F3N3O/c1-12(2)23(11-13-7-6-10-22(13)3)16(24)21-15-9-5-4-8-14(15)17(18,19)20/h4-10,12H,11H2,1-3H3,(H,21,24). The smallest absolute Gasteiger partial charge is 0.353 e. The van der Waals surface area contributed by atoms with Gasteiger partial charge in [0.2, 0.25) is 0 Å². The van der Waals surface area contributed by atoms with E-state index in [9.17, 15) is 18.0 Å². The number of benzene rings is 1. The van der Waals surface area contributed by atoms with Crippen molar-refractivity contribution in [3.05, 3.63) is 53.9 Å². The van der Waals surface area contributed by atoms with E-state index >= 15 is 0 Å². The van der Waals surface area contributed by atoms with Crippen LogP contribution in [0.1, 0.15) is 25.1 Å². The fourth-order valence-electron chi connectivity index (χ4n) is 2.35. The summed E-state index contributed by atoms with van der Waals surface area (Å²) in [6, 6.07) is 7.94. The molecule has 7 heteroatoms. The molecule has 0 bridgehead atoms. The van der Waals surface area contributed by atoms with Crippen molar-refractivity contribution in [3.63, 3.8) is 0 Å². The summed E-state index contributed by atoms with van der Waals surface area (Å²) in [6.07, 6.45) is -2.67. The van der Waals surface area contributed by atoms with E-state index in [2.05, 4.69) is 5.32 Å². The molecule has 0 aliphatic carbocycles. The quantitative estimate of drug-likeness (QED) is 0.876. The molecule has 0 aliphatic rings. The molecular formula is C17H20F3N3O. The number of hydrogen-bond acceptors (Lipinski definition) is 1. The Morgan fingerprint density at radius 3 is 2.42 bits per heavy atom. The highest BCUT2D eigenvalue weighted by Gasteiger charge is 2.34. The van der Waals surface area contributed by atoms with Crippen molar-refractivity contribution in [1.82, 2.24) is 9.47 Å². The van der Waals surface area contributed by atoms with Crippen LogP contribution in [0.15, 0.2) is 42.6 Å². The summed E-state index contributed by atoms with van der Waals surface area (Å²) in [5, 5.41) is 2.39. The van der Waals surface area contributed by atoms with Crippen molar-refractivity contribution in [2.45, 2.75) is 32.6 Å². The first-order chi connectivity index (χ1) is 11.2. The second-order valence-electron chi connectivity index (χ2n) is 5.81. The summed E-state index contributed by atoms with van der Waals surface area (Å²) < 4.78 is 41.0. The Labute approximate surface area is 138 Å². The highest BCUT2D eigenvalue weighted by Crippen LogP contribution is 2.34. The number of alkyl halides is 3. The molecule has 2 aromatic rings. The molecule has 0 spiro atoms. The average Bonchev–Trinajstić information content (AvgIpc) is 2.89. The van der Waals surface area contributed by atoms with Gasteiger partial charge in [0.25, 0.3) is 0 Å². The Balaban J connectivity index is 2.22. The lowest BCUT2D eigenvalue weighted by Crippen LogP contribution is -2.40. The molecule has 24 heavy (non-hydrogen) atoms. The van der Waals surface area contributed by atoms with E-state index in [1.54, 1.807) is 0 Å². The Morgan fingerprint density at radius 1 is 1.21 bits per heavy atom. The molecule has 0 atom stereocenters. The monoisotopic (exact) mass is 339 g/mol. The second kappa shape index (κ2) is 6.98. The number of aryl methyl sites for hydroxylation is 1. The molecular weight excluding hydrogens is 319 g/mol. The van der Waals surface area contributed by atoms with Crippen LogP contribution >= 0.6 is 0 Å². The lowest BCUT2D eigenvalue weighted by Gasteiger charge is -2.27. The number of carbonyl (C=O) groups is 1. The van der Waals surface area contributed by atoms with Crippen LogP contribution in [-0.4, -0.2) is 21.5 Å².